The number of carboxylic acid groups (broad SMARTS) is 1. The molecule has 1 unspecified atom stereocenters. The van der Waals surface area contributed by atoms with E-state index in [2.05, 4.69) is 5.32 Å². The molecule has 1 aromatic rings. The fourth-order valence-electron chi connectivity index (χ4n) is 1.88. The molecule has 0 saturated carbocycles. The summed E-state index contributed by atoms with van der Waals surface area (Å²) in [7, 11) is 0. The van der Waals surface area contributed by atoms with Crippen molar-refractivity contribution in [3.8, 4) is 0 Å². The fourth-order valence-corrected chi connectivity index (χ4v) is 2.39. The van der Waals surface area contributed by atoms with Gasteiger partial charge in [0.1, 0.15) is 6.04 Å². The summed E-state index contributed by atoms with van der Waals surface area (Å²) in [6.45, 7) is 1.99. The predicted molar refractivity (Wildman–Crippen MR) is 82.1 cm³/mol. The van der Waals surface area contributed by atoms with Crippen molar-refractivity contribution in [2.45, 2.75) is 38.0 Å². The molecular formula is C15H21NO3S. The zero-order chi connectivity index (χ0) is 15.0. The Labute approximate surface area is 124 Å². The smallest absolute Gasteiger partial charge is 0.326 e. The Balaban J connectivity index is 2.72. The molecule has 0 aromatic heterocycles. The Morgan fingerprint density at radius 1 is 1.40 bits per heavy atom. The van der Waals surface area contributed by atoms with Gasteiger partial charge in [-0.1, -0.05) is 31.9 Å². The van der Waals surface area contributed by atoms with E-state index in [0.717, 1.165) is 24.2 Å². The van der Waals surface area contributed by atoms with Gasteiger partial charge in [-0.2, -0.15) is 11.8 Å². The van der Waals surface area contributed by atoms with Crippen LogP contribution in [0.4, 0.5) is 0 Å². The van der Waals surface area contributed by atoms with Gasteiger partial charge in [0.2, 0.25) is 0 Å². The lowest BCUT2D eigenvalue weighted by Crippen LogP contribution is -2.40. The van der Waals surface area contributed by atoms with E-state index in [4.69, 9.17) is 5.11 Å². The predicted octanol–water partition coefficient (Wildman–Crippen LogP) is 2.92. The van der Waals surface area contributed by atoms with E-state index in [9.17, 15) is 9.59 Å². The average molecular weight is 295 g/mol. The van der Waals surface area contributed by atoms with Gasteiger partial charge in [0, 0.05) is 11.3 Å². The minimum absolute atomic E-state index is 0.323. The summed E-state index contributed by atoms with van der Waals surface area (Å²) in [5.74, 6) is -0.470. The molecule has 0 aliphatic heterocycles. The van der Waals surface area contributed by atoms with Gasteiger partial charge in [-0.25, -0.2) is 4.79 Å². The summed E-state index contributed by atoms with van der Waals surface area (Å²) in [6.07, 6.45) is 4.15. The van der Waals surface area contributed by atoms with Gasteiger partial charge in [0.25, 0.3) is 5.91 Å². The summed E-state index contributed by atoms with van der Waals surface area (Å²) in [5.41, 5.74) is 1.57. The molecule has 20 heavy (non-hydrogen) atoms. The normalized spacial score (nSPS) is 11.9. The molecule has 0 bridgehead atoms. The highest BCUT2D eigenvalue weighted by Gasteiger charge is 2.19. The zero-order valence-corrected chi connectivity index (χ0v) is 12.7. The Morgan fingerprint density at radius 2 is 2.15 bits per heavy atom. The van der Waals surface area contributed by atoms with Crippen LogP contribution in [0.3, 0.4) is 0 Å². The molecule has 0 radical (unpaired) electrons. The van der Waals surface area contributed by atoms with Crippen molar-refractivity contribution in [2.75, 3.05) is 6.26 Å². The summed E-state index contributed by atoms with van der Waals surface area (Å²) in [6, 6.07) is 6.48. The van der Waals surface area contributed by atoms with Crippen LogP contribution < -0.4 is 5.32 Å². The molecule has 0 aliphatic carbocycles. The number of amides is 1. The van der Waals surface area contributed by atoms with Crippen molar-refractivity contribution in [2.24, 2.45) is 0 Å². The lowest BCUT2D eigenvalue weighted by molar-refractivity contribution is -0.139. The minimum Gasteiger partial charge on any atom is -0.480 e. The lowest BCUT2D eigenvalue weighted by atomic mass is 10.1. The standard InChI is InChI=1S/C15H21NO3S/c1-3-4-8-13(15(18)19)16-14(17)12-7-5-6-11(9-12)10-20-2/h5-7,9,13H,3-4,8,10H2,1-2H3,(H,16,17)(H,18,19). The number of benzene rings is 1. The lowest BCUT2D eigenvalue weighted by Gasteiger charge is -2.14. The Hall–Kier alpha value is -1.49. The van der Waals surface area contributed by atoms with Crippen LogP contribution in [0.5, 0.6) is 0 Å². The molecule has 0 aliphatic rings. The third-order valence-electron chi connectivity index (χ3n) is 2.95. The molecule has 0 spiro atoms. The van der Waals surface area contributed by atoms with Crippen molar-refractivity contribution in [1.82, 2.24) is 5.32 Å². The minimum atomic E-state index is -0.980. The van der Waals surface area contributed by atoms with Crippen molar-refractivity contribution in [1.29, 1.82) is 0 Å². The summed E-state index contributed by atoms with van der Waals surface area (Å²) in [5, 5.41) is 11.7. The molecule has 1 rings (SSSR count). The second-order valence-corrected chi connectivity index (χ2v) is 5.51. The maximum atomic E-state index is 12.1. The number of unbranched alkanes of at least 4 members (excludes halogenated alkanes) is 1. The number of rotatable bonds is 8. The molecule has 110 valence electrons. The number of thioether (sulfide) groups is 1. The quantitative estimate of drug-likeness (QED) is 0.774. The van der Waals surface area contributed by atoms with Crippen molar-refractivity contribution < 1.29 is 14.7 Å². The van der Waals surface area contributed by atoms with Crippen LogP contribution in [-0.2, 0) is 10.5 Å². The van der Waals surface area contributed by atoms with E-state index in [1.165, 1.54) is 0 Å². The fraction of sp³-hybridized carbons (Fsp3) is 0.467. The van der Waals surface area contributed by atoms with Gasteiger partial charge in [-0.15, -0.1) is 0 Å². The van der Waals surface area contributed by atoms with Crippen LogP contribution >= 0.6 is 11.8 Å². The van der Waals surface area contributed by atoms with E-state index in [0.29, 0.717) is 12.0 Å². The van der Waals surface area contributed by atoms with Crippen LogP contribution in [-0.4, -0.2) is 29.3 Å². The van der Waals surface area contributed by atoms with Gasteiger partial charge < -0.3 is 10.4 Å². The van der Waals surface area contributed by atoms with E-state index >= 15 is 0 Å². The van der Waals surface area contributed by atoms with Gasteiger partial charge >= 0.3 is 5.97 Å². The Morgan fingerprint density at radius 3 is 2.75 bits per heavy atom. The number of carbonyl (C=O) groups is 2. The van der Waals surface area contributed by atoms with Gasteiger partial charge in [-0.05, 0) is 30.4 Å². The van der Waals surface area contributed by atoms with Crippen molar-refractivity contribution in [3.63, 3.8) is 0 Å². The molecule has 2 N–H and O–H groups in total. The van der Waals surface area contributed by atoms with E-state index in [1.807, 2.05) is 31.4 Å². The summed E-state index contributed by atoms with van der Waals surface area (Å²) in [4.78, 5) is 23.2. The Kier molecular flexibility index (Phi) is 7.15. The average Bonchev–Trinajstić information content (AvgIpc) is 2.43. The second-order valence-electron chi connectivity index (χ2n) is 4.64. The molecule has 0 saturated heterocycles. The van der Waals surface area contributed by atoms with Gasteiger partial charge in [-0.3, -0.25) is 4.79 Å². The van der Waals surface area contributed by atoms with E-state index < -0.39 is 12.0 Å². The van der Waals surface area contributed by atoms with Gasteiger partial charge in [0.05, 0.1) is 0 Å². The molecule has 0 heterocycles. The van der Waals surface area contributed by atoms with Crippen LogP contribution in [0.15, 0.2) is 24.3 Å². The number of carbonyl (C=O) groups excluding carboxylic acids is 1. The summed E-state index contributed by atoms with van der Waals surface area (Å²) >= 11 is 1.68. The third kappa shape index (κ3) is 5.25. The first kappa shape index (κ1) is 16.6. The number of carboxylic acids is 1. The highest BCUT2D eigenvalue weighted by molar-refractivity contribution is 7.97. The summed E-state index contributed by atoms with van der Waals surface area (Å²) < 4.78 is 0. The van der Waals surface area contributed by atoms with Crippen molar-refractivity contribution in [3.05, 3.63) is 35.4 Å². The molecular weight excluding hydrogens is 274 g/mol. The highest BCUT2D eigenvalue weighted by Crippen LogP contribution is 2.12. The first-order valence-electron chi connectivity index (χ1n) is 6.70. The Bertz CT molecular complexity index is 462. The molecule has 1 atom stereocenters. The zero-order valence-electron chi connectivity index (χ0n) is 11.9. The highest BCUT2D eigenvalue weighted by atomic mass is 32.2. The SMILES string of the molecule is CCCCC(NC(=O)c1cccc(CSC)c1)C(=O)O. The third-order valence-corrected chi connectivity index (χ3v) is 3.57. The topological polar surface area (TPSA) is 66.4 Å². The first-order chi connectivity index (χ1) is 9.58. The number of aliphatic carboxylic acids is 1. The van der Waals surface area contributed by atoms with E-state index in [-0.39, 0.29) is 5.91 Å². The van der Waals surface area contributed by atoms with Crippen LogP contribution in [0.25, 0.3) is 0 Å². The largest absolute Gasteiger partial charge is 0.480 e. The molecule has 4 nitrogen and oxygen atoms in total. The molecule has 1 amide bonds. The van der Waals surface area contributed by atoms with Gasteiger partial charge in [0.15, 0.2) is 0 Å². The number of hydrogen-bond acceptors (Lipinski definition) is 3. The van der Waals surface area contributed by atoms with Crippen molar-refractivity contribution >= 4 is 23.6 Å². The van der Waals surface area contributed by atoms with Crippen LogP contribution in [0, 0.1) is 0 Å². The number of hydrogen-bond donors (Lipinski definition) is 2. The number of nitrogens with one attached hydrogen (secondary N) is 1. The maximum Gasteiger partial charge on any atom is 0.326 e. The second kappa shape index (κ2) is 8.64. The molecule has 5 heteroatoms. The van der Waals surface area contributed by atoms with Crippen LogP contribution in [0.1, 0.15) is 42.1 Å². The first-order valence-corrected chi connectivity index (χ1v) is 8.09. The molecule has 0 fully saturated rings. The maximum absolute atomic E-state index is 12.1. The van der Waals surface area contributed by atoms with E-state index in [1.54, 1.807) is 17.8 Å². The molecule has 1 aromatic carbocycles. The monoisotopic (exact) mass is 295 g/mol. The van der Waals surface area contributed by atoms with Crippen LogP contribution in [0.2, 0.25) is 0 Å².